The third kappa shape index (κ3) is 4.06. The zero-order valence-corrected chi connectivity index (χ0v) is 26.6. The molecule has 0 radical (unpaired) electrons. The van der Waals surface area contributed by atoms with Gasteiger partial charge in [-0.15, -0.1) is 0 Å². The van der Waals surface area contributed by atoms with Gasteiger partial charge in [-0.3, -0.25) is 0 Å². The summed E-state index contributed by atoms with van der Waals surface area (Å²) in [4.78, 5) is 10.5. The maximum Gasteiger partial charge on any atom is 0.160 e. The normalized spacial score (nSPS) is 13.3. The van der Waals surface area contributed by atoms with Crippen LogP contribution in [0.4, 0.5) is 0 Å². The monoisotopic (exact) mass is 604 g/mol. The Morgan fingerprint density at radius 3 is 2.23 bits per heavy atom. The summed E-state index contributed by atoms with van der Waals surface area (Å²) in [5.41, 5.74) is 13.2. The molecule has 6 aromatic carbocycles. The van der Waals surface area contributed by atoms with E-state index < -0.39 is 0 Å². The first-order valence-corrected chi connectivity index (χ1v) is 16.1. The van der Waals surface area contributed by atoms with Crippen molar-refractivity contribution in [2.24, 2.45) is 0 Å². The fraction of sp³-hybridized carbons (Fsp3) is 0.0909. The van der Waals surface area contributed by atoms with Crippen LogP contribution in [0.1, 0.15) is 36.3 Å². The van der Waals surface area contributed by atoms with Crippen LogP contribution in [0, 0.1) is 6.92 Å². The highest BCUT2D eigenvalue weighted by Gasteiger charge is 2.38. The molecular formula is C44H32N2O. The predicted octanol–water partition coefficient (Wildman–Crippen LogP) is 11.8. The third-order valence-electron chi connectivity index (χ3n) is 9.98. The van der Waals surface area contributed by atoms with Gasteiger partial charge in [-0.1, -0.05) is 124 Å². The average molecular weight is 605 g/mol. The Bertz CT molecular complexity index is 2570. The molecule has 47 heavy (non-hydrogen) atoms. The predicted molar refractivity (Wildman–Crippen MR) is 196 cm³/mol. The zero-order chi connectivity index (χ0) is 31.9. The number of benzene rings is 6. The van der Waals surface area contributed by atoms with Crippen LogP contribution < -0.4 is 0 Å². The van der Waals surface area contributed by atoms with Crippen LogP contribution in [0.5, 0.6) is 0 Å². The SMILES string of the molecule is C=Cc1c(C)oc2cc3c(cc12)C(C)(C)c1c(-c2cccc(-c4nc(-c5ccccc5)c5ccc6ccccc6c5n4)c2)cccc1-3. The van der Waals surface area contributed by atoms with E-state index in [4.69, 9.17) is 14.4 Å². The summed E-state index contributed by atoms with van der Waals surface area (Å²) in [6, 6.07) is 43.1. The number of hydrogen-bond donors (Lipinski definition) is 0. The minimum atomic E-state index is -0.214. The van der Waals surface area contributed by atoms with Gasteiger partial charge in [0.25, 0.3) is 0 Å². The van der Waals surface area contributed by atoms with Crippen LogP contribution in [-0.4, -0.2) is 9.97 Å². The van der Waals surface area contributed by atoms with E-state index in [1.165, 1.54) is 33.2 Å². The summed E-state index contributed by atoms with van der Waals surface area (Å²) in [5, 5.41) is 4.47. The molecule has 0 unspecified atom stereocenters. The molecule has 2 aromatic heterocycles. The van der Waals surface area contributed by atoms with Gasteiger partial charge in [0.2, 0.25) is 0 Å². The van der Waals surface area contributed by atoms with Crippen molar-refractivity contribution < 1.29 is 4.42 Å². The molecule has 0 aliphatic heterocycles. The van der Waals surface area contributed by atoms with Crippen molar-refractivity contribution in [1.82, 2.24) is 9.97 Å². The molecule has 0 atom stereocenters. The Morgan fingerprint density at radius 1 is 0.638 bits per heavy atom. The zero-order valence-electron chi connectivity index (χ0n) is 26.6. The molecule has 0 N–H and O–H groups in total. The molecule has 9 rings (SSSR count). The number of aromatic nitrogens is 2. The molecule has 1 aliphatic carbocycles. The number of furan rings is 1. The van der Waals surface area contributed by atoms with Crippen LogP contribution in [-0.2, 0) is 5.41 Å². The molecule has 0 bridgehead atoms. The molecule has 0 saturated carbocycles. The minimum Gasteiger partial charge on any atom is -0.461 e. The fourth-order valence-electron chi connectivity index (χ4n) is 7.74. The molecule has 0 amide bonds. The highest BCUT2D eigenvalue weighted by molar-refractivity contribution is 6.09. The Hall–Kier alpha value is -5.80. The largest absolute Gasteiger partial charge is 0.461 e. The Labute approximate surface area is 273 Å². The van der Waals surface area contributed by atoms with Crippen molar-refractivity contribution in [2.75, 3.05) is 0 Å². The van der Waals surface area contributed by atoms with Crippen molar-refractivity contribution in [3.8, 4) is 44.9 Å². The second-order valence-corrected chi connectivity index (χ2v) is 13.0. The average Bonchev–Trinajstić information content (AvgIpc) is 3.55. The molecule has 0 spiro atoms. The lowest BCUT2D eigenvalue weighted by atomic mass is 9.78. The summed E-state index contributed by atoms with van der Waals surface area (Å²) in [6.45, 7) is 10.7. The Kier molecular flexibility index (Phi) is 5.91. The van der Waals surface area contributed by atoms with E-state index >= 15 is 0 Å². The van der Waals surface area contributed by atoms with Gasteiger partial charge < -0.3 is 4.42 Å². The molecule has 0 saturated heterocycles. The van der Waals surface area contributed by atoms with E-state index in [2.05, 4.69) is 136 Å². The molecule has 3 nitrogen and oxygen atoms in total. The van der Waals surface area contributed by atoms with Crippen molar-refractivity contribution in [3.63, 3.8) is 0 Å². The van der Waals surface area contributed by atoms with Gasteiger partial charge in [0.1, 0.15) is 11.3 Å². The maximum absolute atomic E-state index is 6.19. The second kappa shape index (κ2) is 10.1. The lowest BCUT2D eigenvalue weighted by molar-refractivity contribution is 0.577. The number of rotatable bonds is 4. The van der Waals surface area contributed by atoms with Crippen LogP contribution >= 0.6 is 0 Å². The number of hydrogen-bond acceptors (Lipinski definition) is 3. The van der Waals surface area contributed by atoms with Gasteiger partial charge in [-0.25, -0.2) is 9.97 Å². The summed E-state index contributed by atoms with van der Waals surface area (Å²) in [5.74, 6) is 1.62. The van der Waals surface area contributed by atoms with Gasteiger partial charge in [-0.2, -0.15) is 0 Å². The quantitative estimate of drug-likeness (QED) is 0.188. The highest BCUT2D eigenvalue weighted by atomic mass is 16.3. The maximum atomic E-state index is 6.19. The summed E-state index contributed by atoms with van der Waals surface area (Å²) in [7, 11) is 0. The van der Waals surface area contributed by atoms with E-state index in [0.717, 1.165) is 66.8 Å². The van der Waals surface area contributed by atoms with E-state index in [1.807, 2.05) is 19.1 Å². The van der Waals surface area contributed by atoms with Crippen LogP contribution in [0.25, 0.3) is 83.6 Å². The van der Waals surface area contributed by atoms with Crippen molar-refractivity contribution in [2.45, 2.75) is 26.2 Å². The summed E-state index contributed by atoms with van der Waals surface area (Å²) in [6.07, 6.45) is 1.90. The van der Waals surface area contributed by atoms with E-state index in [1.54, 1.807) is 0 Å². The minimum absolute atomic E-state index is 0.214. The van der Waals surface area contributed by atoms with Crippen LogP contribution in [0.2, 0.25) is 0 Å². The first-order valence-electron chi connectivity index (χ1n) is 16.1. The van der Waals surface area contributed by atoms with Gasteiger partial charge >= 0.3 is 0 Å². The highest BCUT2D eigenvalue weighted by Crippen LogP contribution is 2.53. The lowest BCUT2D eigenvalue weighted by Crippen LogP contribution is -2.16. The van der Waals surface area contributed by atoms with E-state index in [0.29, 0.717) is 0 Å². The van der Waals surface area contributed by atoms with Crippen molar-refractivity contribution in [1.29, 1.82) is 0 Å². The smallest absolute Gasteiger partial charge is 0.160 e. The molecule has 2 heterocycles. The number of aryl methyl sites for hydroxylation is 1. The van der Waals surface area contributed by atoms with Crippen LogP contribution in [0.3, 0.4) is 0 Å². The lowest BCUT2D eigenvalue weighted by Gasteiger charge is -2.25. The van der Waals surface area contributed by atoms with E-state index in [9.17, 15) is 0 Å². The second-order valence-electron chi connectivity index (χ2n) is 13.0. The standard InChI is InChI=1S/C44H32N2O/c1-5-31-26(2)47-39-25-36-34-20-12-19-32(40(34)44(3,4)38(36)24-37(31)39)29-16-11-17-30(23-29)43-45-41(28-14-7-6-8-15-28)35-22-21-27-13-9-10-18-33(27)42(35)46-43/h5-25H,1H2,2-4H3. The Balaban J connectivity index is 1.24. The van der Waals surface area contributed by atoms with Crippen molar-refractivity contribution in [3.05, 3.63) is 150 Å². The van der Waals surface area contributed by atoms with Gasteiger partial charge in [0.05, 0.1) is 11.2 Å². The Morgan fingerprint density at radius 2 is 1.38 bits per heavy atom. The molecule has 224 valence electrons. The fourth-order valence-corrected chi connectivity index (χ4v) is 7.74. The summed E-state index contributed by atoms with van der Waals surface area (Å²) >= 11 is 0. The first kappa shape index (κ1) is 27.5. The van der Waals surface area contributed by atoms with Gasteiger partial charge in [0, 0.05) is 38.3 Å². The third-order valence-corrected chi connectivity index (χ3v) is 9.98. The summed E-state index contributed by atoms with van der Waals surface area (Å²) < 4.78 is 6.19. The number of nitrogens with zero attached hydrogens (tertiary/aromatic N) is 2. The van der Waals surface area contributed by atoms with Crippen LogP contribution in [0.15, 0.2) is 132 Å². The molecule has 3 heteroatoms. The number of fused-ring (bicyclic) bond motifs is 7. The molecule has 0 fully saturated rings. The molecular weight excluding hydrogens is 572 g/mol. The molecule has 8 aromatic rings. The first-order chi connectivity index (χ1) is 22.9. The molecule has 1 aliphatic rings. The van der Waals surface area contributed by atoms with Gasteiger partial charge in [-0.05, 0) is 70.0 Å². The van der Waals surface area contributed by atoms with Gasteiger partial charge in [0.15, 0.2) is 5.82 Å². The van der Waals surface area contributed by atoms with Crippen molar-refractivity contribution >= 4 is 38.7 Å². The topological polar surface area (TPSA) is 38.9 Å². The van der Waals surface area contributed by atoms with E-state index in [-0.39, 0.29) is 5.41 Å².